The SMILES string of the molecule is CC(=O)N1[C@@H](c2ccco2)SC[C@H]1C(=O)OCc1cccc(C)c1. The molecule has 2 aromatic rings. The van der Waals surface area contributed by atoms with Gasteiger partial charge in [-0.25, -0.2) is 4.79 Å². The van der Waals surface area contributed by atoms with Crippen LogP contribution in [-0.4, -0.2) is 28.6 Å². The van der Waals surface area contributed by atoms with Gasteiger partial charge in [-0.2, -0.15) is 0 Å². The first kappa shape index (κ1) is 16.6. The number of ether oxygens (including phenoxy) is 1. The van der Waals surface area contributed by atoms with Crippen LogP contribution in [0.4, 0.5) is 0 Å². The van der Waals surface area contributed by atoms with E-state index >= 15 is 0 Å². The molecule has 0 N–H and O–H groups in total. The predicted molar refractivity (Wildman–Crippen MR) is 91.2 cm³/mol. The van der Waals surface area contributed by atoms with E-state index in [-0.39, 0.29) is 23.9 Å². The molecule has 1 aromatic carbocycles. The third-order valence-electron chi connectivity index (χ3n) is 3.89. The molecule has 3 rings (SSSR count). The van der Waals surface area contributed by atoms with E-state index in [0.717, 1.165) is 11.1 Å². The number of carbonyl (C=O) groups excluding carboxylic acids is 2. The molecule has 0 radical (unpaired) electrons. The Kier molecular flexibility index (Phi) is 4.94. The number of aryl methyl sites for hydroxylation is 1. The van der Waals surface area contributed by atoms with Crippen LogP contribution in [0.3, 0.4) is 0 Å². The molecule has 2 heterocycles. The number of hydrogen-bond acceptors (Lipinski definition) is 5. The van der Waals surface area contributed by atoms with Gasteiger partial charge in [-0.15, -0.1) is 11.8 Å². The second-order valence-electron chi connectivity index (χ2n) is 5.74. The number of benzene rings is 1. The number of amides is 1. The quantitative estimate of drug-likeness (QED) is 0.796. The molecule has 1 aromatic heterocycles. The minimum Gasteiger partial charge on any atom is -0.466 e. The van der Waals surface area contributed by atoms with Crippen LogP contribution in [0.25, 0.3) is 0 Å². The van der Waals surface area contributed by atoms with Gasteiger partial charge >= 0.3 is 5.97 Å². The topological polar surface area (TPSA) is 59.8 Å². The van der Waals surface area contributed by atoms with Crippen molar-refractivity contribution in [1.29, 1.82) is 0 Å². The molecule has 0 aliphatic carbocycles. The molecule has 5 nitrogen and oxygen atoms in total. The van der Waals surface area contributed by atoms with Crippen molar-refractivity contribution in [3.05, 3.63) is 59.5 Å². The molecule has 1 amide bonds. The lowest BCUT2D eigenvalue weighted by atomic mass is 10.1. The summed E-state index contributed by atoms with van der Waals surface area (Å²) in [6, 6.07) is 10.8. The molecule has 1 saturated heterocycles. The van der Waals surface area contributed by atoms with Gasteiger partial charge in [-0.05, 0) is 24.6 Å². The van der Waals surface area contributed by atoms with Crippen LogP contribution in [-0.2, 0) is 20.9 Å². The smallest absolute Gasteiger partial charge is 0.330 e. The first-order valence-electron chi connectivity index (χ1n) is 7.72. The van der Waals surface area contributed by atoms with Crippen molar-refractivity contribution in [2.75, 3.05) is 5.75 Å². The first-order chi connectivity index (χ1) is 11.6. The van der Waals surface area contributed by atoms with Gasteiger partial charge in [-0.3, -0.25) is 4.79 Å². The third kappa shape index (κ3) is 3.48. The maximum Gasteiger partial charge on any atom is 0.330 e. The van der Waals surface area contributed by atoms with E-state index in [0.29, 0.717) is 11.5 Å². The van der Waals surface area contributed by atoms with Gasteiger partial charge in [0, 0.05) is 12.7 Å². The predicted octanol–water partition coefficient (Wildman–Crippen LogP) is 3.29. The van der Waals surface area contributed by atoms with E-state index < -0.39 is 6.04 Å². The zero-order valence-corrected chi connectivity index (χ0v) is 14.4. The highest BCUT2D eigenvalue weighted by Crippen LogP contribution is 2.41. The minimum absolute atomic E-state index is 0.168. The van der Waals surface area contributed by atoms with Gasteiger partial charge in [0.15, 0.2) is 0 Å². The van der Waals surface area contributed by atoms with Gasteiger partial charge in [0.05, 0.1) is 6.26 Å². The maximum atomic E-state index is 12.5. The van der Waals surface area contributed by atoms with Crippen LogP contribution in [0, 0.1) is 6.92 Å². The molecule has 0 unspecified atom stereocenters. The van der Waals surface area contributed by atoms with Crippen molar-refractivity contribution in [2.45, 2.75) is 31.9 Å². The lowest BCUT2D eigenvalue weighted by Gasteiger charge is -2.25. The van der Waals surface area contributed by atoms with Crippen molar-refractivity contribution >= 4 is 23.6 Å². The van der Waals surface area contributed by atoms with Crippen molar-refractivity contribution in [1.82, 2.24) is 4.90 Å². The van der Waals surface area contributed by atoms with E-state index in [1.807, 2.05) is 37.3 Å². The van der Waals surface area contributed by atoms with Crippen LogP contribution in [0.2, 0.25) is 0 Å². The molecule has 6 heteroatoms. The second-order valence-corrected chi connectivity index (χ2v) is 6.85. The molecule has 0 spiro atoms. The fourth-order valence-corrected chi connectivity index (χ4v) is 4.19. The highest BCUT2D eigenvalue weighted by molar-refractivity contribution is 7.99. The number of hydrogen-bond donors (Lipinski definition) is 0. The lowest BCUT2D eigenvalue weighted by Crippen LogP contribution is -2.42. The Hall–Kier alpha value is -2.21. The molecule has 0 bridgehead atoms. The van der Waals surface area contributed by atoms with Crippen molar-refractivity contribution in [3.63, 3.8) is 0 Å². The average molecular weight is 345 g/mol. The molecule has 0 saturated carbocycles. The Morgan fingerprint density at radius 3 is 2.83 bits per heavy atom. The highest BCUT2D eigenvalue weighted by Gasteiger charge is 2.43. The summed E-state index contributed by atoms with van der Waals surface area (Å²) >= 11 is 1.51. The highest BCUT2D eigenvalue weighted by atomic mass is 32.2. The van der Waals surface area contributed by atoms with Crippen molar-refractivity contribution < 1.29 is 18.7 Å². The summed E-state index contributed by atoms with van der Waals surface area (Å²) in [5, 5.41) is -0.283. The first-order valence-corrected chi connectivity index (χ1v) is 8.77. The number of thioether (sulfide) groups is 1. The molecular weight excluding hydrogens is 326 g/mol. The van der Waals surface area contributed by atoms with Gasteiger partial charge in [0.2, 0.25) is 5.91 Å². The number of furan rings is 1. The number of carbonyl (C=O) groups is 2. The van der Waals surface area contributed by atoms with Gasteiger partial charge in [0.25, 0.3) is 0 Å². The summed E-state index contributed by atoms with van der Waals surface area (Å²) in [5.41, 5.74) is 2.05. The zero-order valence-electron chi connectivity index (χ0n) is 13.6. The summed E-state index contributed by atoms with van der Waals surface area (Å²) in [7, 11) is 0. The van der Waals surface area contributed by atoms with Crippen LogP contribution in [0.5, 0.6) is 0 Å². The maximum absolute atomic E-state index is 12.5. The summed E-state index contributed by atoms with van der Waals surface area (Å²) in [6.45, 7) is 3.66. The molecule has 126 valence electrons. The third-order valence-corrected chi connectivity index (χ3v) is 5.17. The van der Waals surface area contributed by atoms with Crippen molar-refractivity contribution in [3.8, 4) is 0 Å². The largest absolute Gasteiger partial charge is 0.466 e. The van der Waals surface area contributed by atoms with Crippen LogP contribution in [0.15, 0.2) is 47.1 Å². The van der Waals surface area contributed by atoms with E-state index in [1.54, 1.807) is 17.2 Å². The van der Waals surface area contributed by atoms with Gasteiger partial charge in [0.1, 0.15) is 23.8 Å². The summed E-state index contributed by atoms with van der Waals surface area (Å²) < 4.78 is 10.8. The number of rotatable bonds is 4. The average Bonchev–Trinajstić information content (AvgIpc) is 3.21. The van der Waals surface area contributed by atoms with Crippen LogP contribution < -0.4 is 0 Å². The van der Waals surface area contributed by atoms with Crippen molar-refractivity contribution in [2.24, 2.45) is 0 Å². The Morgan fingerprint density at radius 2 is 2.17 bits per heavy atom. The number of esters is 1. The minimum atomic E-state index is -0.590. The van der Waals surface area contributed by atoms with E-state index in [1.165, 1.54) is 18.7 Å². The molecular formula is C18H19NO4S. The van der Waals surface area contributed by atoms with E-state index in [2.05, 4.69) is 0 Å². The van der Waals surface area contributed by atoms with Gasteiger partial charge in [-0.1, -0.05) is 29.8 Å². The Labute approximate surface area is 145 Å². The normalized spacial score (nSPS) is 20.2. The van der Waals surface area contributed by atoms with Crippen LogP contribution >= 0.6 is 11.8 Å². The van der Waals surface area contributed by atoms with E-state index in [9.17, 15) is 9.59 Å². The standard InChI is InChI=1S/C18H19NO4S/c1-12-5-3-6-14(9-12)10-23-18(21)15-11-24-17(19(15)13(2)20)16-7-4-8-22-16/h3-9,15,17H,10-11H2,1-2H3/t15-,17+/m0/s1. The number of nitrogens with zero attached hydrogens (tertiary/aromatic N) is 1. The Bertz CT molecular complexity index is 728. The summed E-state index contributed by atoms with van der Waals surface area (Å²) in [4.78, 5) is 26.1. The fourth-order valence-electron chi connectivity index (χ4n) is 2.78. The Morgan fingerprint density at radius 1 is 1.33 bits per heavy atom. The fraction of sp³-hybridized carbons (Fsp3) is 0.333. The Balaban J connectivity index is 1.68. The van der Waals surface area contributed by atoms with Crippen LogP contribution in [0.1, 0.15) is 29.2 Å². The molecule has 1 aliphatic rings. The summed E-state index contributed by atoms with van der Waals surface area (Å²) in [6.07, 6.45) is 1.57. The summed E-state index contributed by atoms with van der Waals surface area (Å²) in [5.74, 6) is 0.619. The molecule has 24 heavy (non-hydrogen) atoms. The molecule has 1 fully saturated rings. The molecule has 1 aliphatic heterocycles. The molecule has 2 atom stereocenters. The van der Waals surface area contributed by atoms with E-state index in [4.69, 9.17) is 9.15 Å². The van der Waals surface area contributed by atoms with Gasteiger partial charge < -0.3 is 14.1 Å². The lowest BCUT2D eigenvalue weighted by molar-refractivity contribution is -0.154. The monoisotopic (exact) mass is 345 g/mol. The zero-order chi connectivity index (χ0) is 17.1. The second kappa shape index (κ2) is 7.13.